The molecule has 2 aliphatic carbocycles. The van der Waals surface area contributed by atoms with E-state index >= 15 is 0 Å². The van der Waals surface area contributed by atoms with Gasteiger partial charge in [0.25, 0.3) is 5.91 Å². The standard InChI is InChI=1S/C14H17NO/c16-13(11-5-2-1-3-6-11)15-12-9-14(10-12)7-4-8-14/h1-3,5-6,12H,4,7-10H2,(H,15,16). The Balaban J connectivity index is 1.55. The summed E-state index contributed by atoms with van der Waals surface area (Å²) >= 11 is 0. The van der Waals surface area contributed by atoms with Crippen LogP contribution in [0.15, 0.2) is 30.3 Å². The van der Waals surface area contributed by atoms with Gasteiger partial charge in [0.1, 0.15) is 0 Å². The van der Waals surface area contributed by atoms with E-state index in [9.17, 15) is 4.79 Å². The minimum absolute atomic E-state index is 0.0831. The summed E-state index contributed by atoms with van der Waals surface area (Å²) in [4.78, 5) is 11.9. The minimum atomic E-state index is 0.0831. The zero-order chi connectivity index (χ0) is 11.0. The molecule has 2 fully saturated rings. The SMILES string of the molecule is O=C(NC1CC2(CCC2)C1)c1ccccc1. The lowest BCUT2D eigenvalue weighted by Gasteiger charge is -2.54. The van der Waals surface area contributed by atoms with E-state index in [0.717, 1.165) is 5.56 Å². The molecule has 2 heteroatoms. The van der Waals surface area contributed by atoms with Crippen LogP contribution in [0.4, 0.5) is 0 Å². The lowest BCUT2D eigenvalue weighted by Crippen LogP contribution is -2.53. The lowest BCUT2D eigenvalue weighted by atomic mass is 9.54. The van der Waals surface area contributed by atoms with Crippen LogP contribution in [0.5, 0.6) is 0 Å². The molecule has 84 valence electrons. The molecule has 0 unspecified atom stereocenters. The second kappa shape index (κ2) is 3.62. The summed E-state index contributed by atoms with van der Waals surface area (Å²) in [5, 5.41) is 3.12. The van der Waals surface area contributed by atoms with Crippen molar-refractivity contribution in [1.82, 2.24) is 5.32 Å². The molecular weight excluding hydrogens is 198 g/mol. The molecule has 0 aliphatic heterocycles. The molecule has 0 heterocycles. The van der Waals surface area contributed by atoms with E-state index < -0.39 is 0 Å². The van der Waals surface area contributed by atoms with Crippen LogP contribution < -0.4 is 5.32 Å². The summed E-state index contributed by atoms with van der Waals surface area (Å²) in [7, 11) is 0. The maximum atomic E-state index is 11.9. The van der Waals surface area contributed by atoms with Crippen molar-refractivity contribution in [2.75, 3.05) is 0 Å². The van der Waals surface area contributed by atoms with Gasteiger partial charge in [-0.25, -0.2) is 0 Å². The van der Waals surface area contributed by atoms with Crippen LogP contribution in [0.2, 0.25) is 0 Å². The number of amides is 1. The molecule has 0 saturated heterocycles. The fourth-order valence-corrected chi connectivity index (χ4v) is 3.03. The van der Waals surface area contributed by atoms with Crippen LogP contribution in [0.3, 0.4) is 0 Å². The largest absolute Gasteiger partial charge is 0.349 e. The van der Waals surface area contributed by atoms with E-state index in [1.165, 1.54) is 32.1 Å². The van der Waals surface area contributed by atoms with E-state index in [2.05, 4.69) is 5.32 Å². The summed E-state index contributed by atoms with van der Waals surface area (Å²) in [6.45, 7) is 0. The summed E-state index contributed by atoms with van der Waals surface area (Å²) in [6.07, 6.45) is 6.55. The van der Waals surface area contributed by atoms with E-state index in [1.54, 1.807) is 0 Å². The molecule has 2 nitrogen and oxygen atoms in total. The van der Waals surface area contributed by atoms with Gasteiger partial charge in [0, 0.05) is 11.6 Å². The highest BCUT2D eigenvalue weighted by molar-refractivity contribution is 5.94. The second-order valence-corrected chi connectivity index (χ2v) is 5.30. The maximum absolute atomic E-state index is 11.9. The molecular formula is C14H17NO. The topological polar surface area (TPSA) is 29.1 Å². The molecule has 1 spiro atoms. The molecule has 3 rings (SSSR count). The van der Waals surface area contributed by atoms with Crippen LogP contribution in [-0.2, 0) is 0 Å². The molecule has 0 atom stereocenters. The fraction of sp³-hybridized carbons (Fsp3) is 0.500. The van der Waals surface area contributed by atoms with Gasteiger partial charge in [0.05, 0.1) is 0 Å². The Morgan fingerprint density at radius 2 is 1.88 bits per heavy atom. The predicted molar refractivity (Wildman–Crippen MR) is 63.2 cm³/mol. The summed E-state index contributed by atoms with van der Waals surface area (Å²) in [6, 6.07) is 9.91. The lowest BCUT2D eigenvalue weighted by molar-refractivity contribution is -0.000623. The molecule has 2 aliphatic rings. The van der Waals surface area contributed by atoms with Gasteiger partial charge in [-0.2, -0.15) is 0 Å². The summed E-state index contributed by atoms with van der Waals surface area (Å²) < 4.78 is 0. The van der Waals surface area contributed by atoms with E-state index in [4.69, 9.17) is 0 Å². The molecule has 1 aromatic carbocycles. The van der Waals surface area contributed by atoms with Crippen molar-refractivity contribution < 1.29 is 4.79 Å². The van der Waals surface area contributed by atoms with Gasteiger partial charge in [0.15, 0.2) is 0 Å². The van der Waals surface area contributed by atoms with E-state index in [1.807, 2.05) is 30.3 Å². The van der Waals surface area contributed by atoms with Crippen molar-refractivity contribution in [1.29, 1.82) is 0 Å². The van der Waals surface area contributed by atoms with Crippen molar-refractivity contribution in [3.05, 3.63) is 35.9 Å². The van der Waals surface area contributed by atoms with Crippen LogP contribution in [0, 0.1) is 5.41 Å². The number of carbonyl (C=O) groups excluding carboxylic acids is 1. The van der Waals surface area contributed by atoms with Crippen molar-refractivity contribution in [3.8, 4) is 0 Å². The van der Waals surface area contributed by atoms with Crippen molar-refractivity contribution in [2.45, 2.75) is 38.1 Å². The average molecular weight is 215 g/mol. The molecule has 0 bridgehead atoms. The molecule has 0 radical (unpaired) electrons. The van der Waals surface area contributed by atoms with Gasteiger partial charge in [-0.1, -0.05) is 24.6 Å². The summed E-state index contributed by atoms with van der Waals surface area (Å²) in [5.41, 5.74) is 1.41. The smallest absolute Gasteiger partial charge is 0.251 e. The van der Waals surface area contributed by atoms with Crippen LogP contribution >= 0.6 is 0 Å². The van der Waals surface area contributed by atoms with Gasteiger partial charge in [0.2, 0.25) is 0 Å². The number of carbonyl (C=O) groups is 1. The van der Waals surface area contributed by atoms with Crippen molar-refractivity contribution in [3.63, 3.8) is 0 Å². The van der Waals surface area contributed by atoms with E-state index in [-0.39, 0.29) is 5.91 Å². The van der Waals surface area contributed by atoms with Gasteiger partial charge < -0.3 is 5.32 Å². The van der Waals surface area contributed by atoms with Gasteiger partial charge >= 0.3 is 0 Å². The molecule has 1 amide bonds. The Hall–Kier alpha value is -1.31. The van der Waals surface area contributed by atoms with Crippen LogP contribution in [0.25, 0.3) is 0 Å². The highest BCUT2D eigenvalue weighted by atomic mass is 16.1. The number of hydrogen-bond donors (Lipinski definition) is 1. The number of nitrogens with one attached hydrogen (secondary N) is 1. The van der Waals surface area contributed by atoms with Crippen LogP contribution in [0.1, 0.15) is 42.5 Å². The number of benzene rings is 1. The monoisotopic (exact) mass is 215 g/mol. The molecule has 1 aromatic rings. The highest BCUT2D eigenvalue weighted by Crippen LogP contribution is 2.55. The predicted octanol–water partition coefficient (Wildman–Crippen LogP) is 2.75. The zero-order valence-electron chi connectivity index (χ0n) is 9.41. The second-order valence-electron chi connectivity index (χ2n) is 5.30. The van der Waals surface area contributed by atoms with Gasteiger partial charge in [-0.05, 0) is 43.2 Å². The van der Waals surface area contributed by atoms with Gasteiger partial charge in [-0.15, -0.1) is 0 Å². The fourth-order valence-electron chi connectivity index (χ4n) is 3.03. The Labute approximate surface area is 96.1 Å². The quantitative estimate of drug-likeness (QED) is 0.807. The average Bonchev–Trinajstić information content (AvgIpc) is 2.21. The first-order valence-electron chi connectivity index (χ1n) is 6.13. The Morgan fingerprint density at radius 3 is 2.44 bits per heavy atom. The third kappa shape index (κ3) is 1.62. The number of hydrogen-bond acceptors (Lipinski definition) is 1. The molecule has 2 saturated carbocycles. The Kier molecular flexibility index (Phi) is 2.23. The third-order valence-electron chi connectivity index (χ3n) is 4.14. The maximum Gasteiger partial charge on any atom is 0.251 e. The summed E-state index contributed by atoms with van der Waals surface area (Å²) in [5.74, 6) is 0.0831. The van der Waals surface area contributed by atoms with Crippen molar-refractivity contribution >= 4 is 5.91 Å². The highest BCUT2D eigenvalue weighted by Gasteiger charge is 2.48. The van der Waals surface area contributed by atoms with Crippen molar-refractivity contribution in [2.24, 2.45) is 5.41 Å². The third-order valence-corrected chi connectivity index (χ3v) is 4.14. The van der Waals surface area contributed by atoms with Gasteiger partial charge in [-0.3, -0.25) is 4.79 Å². The molecule has 16 heavy (non-hydrogen) atoms. The Morgan fingerprint density at radius 1 is 1.19 bits per heavy atom. The molecule has 1 N–H and O–H groups in total. The first-order valence-corrected chi connectivity index (χ1v) is 6.13. The van der Waals surface area contributed by atoms with Crippen LogP contribution in [-0.4, -0.2) is 11.9 Å². The Bertz CT molecular complexity index is 386. The van der Waals surface area contributed by atoms with E-state index in [0.29, 0.717) is 11.5 Å². The minimum Gasteiger partial charge on any atom is -0.349 e. The molecule has 0 aromatic heterocycles. The normalized spacial score (nSPS) is 22.2. The first kappa shape index (κ1) is 9.88. The first-order chi connectivity index (χ1) is 7.77. The number of rotatable bonds is 2. The zero-order valence-corrected chi connectivity index (χ0v) is 9.41.